The van der Waals surface area contributed by atoms with Crippen LogP contribution >= 0.6 is 15.9 Å². The van der Waals surface area contributed by atoms with Crippen molar-refractivity contribution in [3.05, 3.63) is 46.5 Å². The highest BCUT2D eigenvalue weighted by molar-refractivity contribution is 9.10. The van der Waals surface area contributed by atoms with Crippen molar-refractivity contribution in [1.82, 2.24) is 10.2 Å². The molecule has 1 aromatic carbocycles. The molecule has 1 rings (SSSR count). The number of allylic oxidation sites excluding steroid dienone is 1. The van der Waals surface area contributed by atoms with Crippen LogP contribution in [-0.4, -0.2) is 24.0 Å². The molecule has 0 aliphatic heterocycles. The number of unbranched alkanes of at least 4 members (excludes halogenated alkanes) is 1. The van der Waals surface area contributed by atoms with Crippen molar-refractivity contribution < 1.29 is 0 Å². The first-order chi connectivity index (χ1) is 9.81. The molecule has 3 heteroatoms. The molecule has 0 saturated heterocycles. The van der Waals surface area contributed by atoms with Crippen LogP contribution in [0.2, 0.25) is 0 Å². The van der Waals surface area contributed by atoms with E-state index in [0.717, 1.165) is 26.1 Å². The number of nitrogens with zero attached hydrogens (tertiary/aromatic N) is 1. The van der Waals surface area contributed by atoms with E-state index in [4.69, 9.17) is 0 Å². The molecule has 0 spiro atoms. The summed E-state index contributed by atoms with van der Waals surface area (Å²) in [5, 5.41) is 3.52. The van der Waals surface area contributed by atoms with Crippen LogP contribution < -0.4 is 5.32 Å². The first kappa shape index (κ1) is 18.4. The summed E-state index contributed by atoms with van der Waals surface area (Å²) in [5.41, 5.74) is 2.81. The summed E-state index contributed by atoms with van der Waals surface area (Å²) in [4.78, 5) is 2.36. The fourth-order valence-electron chi connectivity index (χ4n) is 2.07. The minimum atomic E-state index is 0.149. The Morgan fingerprint density at radius 2 is 2.05 bits per heavy atom. The van der Waals surface area contributed by atoms with E-state index in [0.29, 0.717) is 0 Å². The lowest BCUT2D eigenvalue weighted by Gasteiger charge is -2.21. The van der Waals surface area contributed by atoms with Gasteiger partial charge < -0.3 is 10.2 Å². The Bertz CT molecular complexity index is 449. The van der Waals surface area contributed by atoms with E-state index in [1.807, 2.05) is 6.08 Å². The van der Waals surface area contributed by atoms with Gasteiger partial charge in [-0.2, -0.15) is 0 Å². The predicted molar refractivity (Wildman–Crippen MR) is 96.5 cm³/mol. The van der Waals surface area contributed by atoms with E-state index >= 15 is 0 Å². The zero-order chi connectivity index (χ0) is 15.9. The van der Waals surface area contributed by atoms with Gasteiger partial charge in [0.05, 0.1) is 0 Å². The molecule has 118 valence electrons. The highest BCUT2D eigenvalue weighted by Crippen LogP contribution is 2.20. The van der Waals surface area contributed by atoms with Gasteiger partial charge in [-0.3, -0.25) is 0 Å². The van der Waals surface area contributed by atoms with Crippen LogP contribution in [0.1, 0.15) is 44.7 Å². The van der Waals surface area contributed by atoms with Gasteiger partial charge in [0.2, 0.25) is 0 Å². The Morgan fingerprint density at radius 3 is 2.62 bits per heavy atom. The van der Waals surface area contributed by atoms with Crippen LogP contribution in [0.4, 0.5) is 0 Å². The van der Waals surface area contributed by atoms with E-state index in [2.05, 4.69) is 78.7 Å². The first-order valence-corrected chi connectivity index (χ1v) is 8.43. The van der Waals surface area contributed by atoms with Gasteiger partial charge in [0, 0.05) is 23.1 Å². The van der Waals surface area contributed by atoms with Crippen LogP contribution in [0, 0.1) is 0 Å². The van der Waals surface area contributed by atoms with E-state index < -0.39 is 0 Å². The fourth-order valence-corrected chi connectivity index (χ4v) is 2.62. The van der Waals surface area contributed by atoms with E-state index in [-0.39, 0.29) is 5.54 Å². The summed E-state index contributed by atoms with van der Waals surface area (Å²) in [6.45, 7) is 13.3. The van der Waals surface area contributed by atoms with Crippen molar-refractivity contribution in [2.24, 2.45) is 0 Å². The minimum Gasteiger partial charge on any atom is -0.308 e. The third-order valence-electron chi connectivity index (χ3n) is 3.33. The lowest BCUT2D eigenvalue weighted by atomic mass is 10.1. The molecular formula is C18H29BrN2. The molecule has 1 N–H and O–H groups in total. The molecule has 0 heterocycles. The molecule has 0 amide bonds. The second-order valence-electron chi connectivity index (χ2n) is 6.70. The van der Waals surface area contributed by atoms with E-state index in [1.165, 1.54) is 22.0 Å². The third-order valence-corrected chi connectivity index (χ3v) is 4.07. The summed E-state index contributed by atoms with van der Waals surface area (Å²) in [6, 6.07) is 6.68. The Kier molecular flexibility index (Phi) is 7.64. The van der Waals surface area contributed by atoms with Gasteiger partial charge in [-0.15, -0.1) is 6.58 Å². The topological polar surface area (TPSA) is 15.3 Å². The van der Waals surface area contributed by atoms with Crippen LogP contribution in [-0.2, 0) is 13.1 Å². The van der Waals surface area contributed by atoms with Crippen LogP contribution in [0.25, 0.3) is 0 Å². The highest BCUT2D eigenvalue weighted by Gasteiger charge is 2.10. The lowest BCUT2D eigenvalue weighted by Crippen LogP contribution is -2.35. The molecule has 0 saturated carbocycles. The van der Waals surface area contributed by atoms with Crippen molar-refractivity contribution in [2.75, 3.05) is 13.6 Å². The standard InChI is InChI=1S/C18H29BrN2/c1-6-7-8-11-21(5)14-16-10-9-15(12-17(16)19)13-20-18(2,3)4/h6,9-10,12,20H,1,7-8,11,13-14H2,2-5H3. The molecule has 0 radical (unpaired) electrons. The highest BCUT2D eigenvalue weighted by atomic mass is 79.9. The van der Waals surface area contributed by atoms with E-state index in [9.17, 15) is 0 Å². The SMILES string of the molecule is C=CCCCN(C)Cc1ccc(CNC(C)(C)C)cc1Br. The van der Waals surface area contributed by atoms with Gasteiger partial charge in [-0.05, 0) is 64.4 Å². The van der Waals surface area contributed by atoms with Gasteiger partial charge in [0.25, 0.3) is 0 Å². The molecule has 0 atom stereocenters. The predicted octanol–water partition coefficient (Wildman–Crippen LogP) is 4.74. The molecule has 0 bridgehead atoms. The Hall–Kier alpha value is -0.640. The summed E-state index contributed by atoms with van der Waals surface area (Å²) in [7, 11) is 2.17. The number of rotatable bonds is 8. The van der Waals surface area contributed by atoms with Gasteiger partial charge in [0.15, 0.2) is 0 Å². The quantitative estimate of drug-likeness (QED) is 0.537. The average Bonchev–Trinajstić information content (AvgIpc) is 2.39. The van der Waals surface area contributed by atoms with Gasteiger partial charge in [0.1, 0.15) is 0 Å². The number of halogens is 1. The second kappa shape index (κ2) is 8.72. The number of nitrogens with one attached hydrogen (secondary N) is 1. The molecule has 0 aromatic heterocycles. The molecule has 2 nitrogen and oxygen atoms in total. The number of hydrogen-bond acceptors (Lipinski definition) is 2. The van der Waals surface area contributed by atoms with E-state index in [1.54, 1.807) is 0 Å². The lowest BCUT2D eigenvalue weighted by molar-refractivity contribution is 0.322. The Labute approximate surface area is 138 Å². The van der Waals surface area contributed by atoms with Crippen molar-refractivity contribution in [3.63, 3.8) is 0 Å². The monoisotopic (exact) mass is 352 g/mol. The van der Waals surface area contributed by atoms with Crippen molar-refractivity contribution in [1.29, 1.82) is 0 Å². The molecule has 0 fully saturated rings. The molecule has 21 heavy (non-hydrogen) atoms. The number of benzene rings is 1. The Morgan fingerprint density at radius 1 is 1.33 bits per heavy atom. The smallest absolute Gasteiger partial charge is 0.0241 e. The molecule has 0 aliphatic rings. The zero-order valence-corrected chi connectivity index (χ0v) is 15.5. The molecule has 1 aromatic rings. The van der Waals surface area contributed by atoms with Gasteiger partial charge >= 0.3 is 0 Å². The Balaban J connectivity index is 2.55. The fraction of sp³-hybridized carbons (Fsp3) is 0.556. The third kappa shape index (κ3) is 7.79. The average molecular weight is 353 g/mol. The summed E-state index contributed by atoms with van der Waals surface area (Å²) < 4.78 is 1.20. The van der Waals surface area contributed by atoms with Crippen LogP contribution in [0.3, 0.4) is 0 Å². The summed E-state index contributed by atoms with van der Waals surface area (Å²) in [6.07, 6.45) is 4.24. The zero-order valence-electron chi connectivity index (χ0n) is 13.9. The maximum Gasteiger partial charge on any atom is 0.0241 e. The first-order valence-electron chi connectivity index (χ1n) is 7.63. The van der Waals surface area contributed by atoms with Crippen LogP contribution in [0.15, 0.2) is 35.3 Å². The largest absolute Gasteiger partial charge is 0.308 e. The van der Waals surface area contributed by atoms with Gasteiger partial charge in [-0.1, -0.05) is 34.1 Å². The minimum absolute atomic E-state index is 0.149. The number of hydrogen-bond donors (Lipinski definition) is 1. The molecular weight excluding hydrogens is 324 g/mol. The maximum atomic E-state index is 3.77. The van der Waals surface area contributed by atoms with Crippen LogP contribution in [0.5, 0.6) is 0 Å². The molecule has 0 aliphatic carbocycles. The van der Waals surface area contributed by atoms with Crippen molar-refractivity contribution in [2.45, 2.75) is 52.2 Å². The van der Waals surface area contributed by atoms with Crippen molar-refractivity contribution >= 4 is 15.9 Å². The van der Waals surface area contributed by atoms with Gasteiger partial charge in [-0.25, -0.2) is 0 Å². The maximum absolute atomic E-state index is 3.77. The summed E-state index contributed by atoms with van der Waals surface area (Å²) >= 11 is 3.71. The second-order valence-corrected chi connectivity index (χ2v) is 7.55. The van der Waals surface area contributed by atoms with Crippen molar-refractivity contribution in [3.8, 4) is 0 Å². The molecule has 0 unspecified atom stereocenters. The normalized spacial score (nSPS) is 11.9. The summed E-state index contributed by atoms with van der Waals surface area (Å²) in [5.74, 6) is 0.